The highest BCUT2D eigenvalue weighted by Crippen LogP contribution is 2.24. The second-order valence-electron chi connectivity index (χ2n) is 2.35. The molecule has 0 saturated heterocycles. The average molecular weight is 176 g/mol. The number of halogens is 3. The Kier molecular flexibility index (Phi) is 2.21. The molecule has 1 aromatic rings. The fourth-order valence-corrected chi connectivity index (χ4v) is 0.843. The molecule has 1 heterocycles. The van der Waals surface area contributed by atoms with Gasteiger partial charge < -0.3 is 5.73 Å². The van der Waals surface area contributed by atoms with Crippen molar-refractivity contribution >= 4 is 5.82 Å². The molecule has 1 rings (SSSR count). The second-order valence-corrected chi connectivity index (χ2v) is 2.35. The number of anilines is 1. The molecule has 0 fully saturated rings. The molecule has 1 aromatic heterocycles. The molecule has 0 aliphatic rings. The molecule has 0 aliphatic heterocycles. The van der Waals surface area contributed by atoms with E-state index >= 15 is 0 Å². The van der Waals surface area contributed by atoms with E-state index < -0.39 is 17.9 Å². The van der Waals surface area contributed by atoms with Crippen molar-refractivity contribution < 1.29 is 13.2 Å². The number of nitrogen functional groups attached to an aromatic ring is 1. The van der Waals surface area contributed by atoms with E-state index in [1.807, 2.05) is 0 Å². The van der Waals surface area contributed by atoms with Crippen molar-refractivity contribution in [3.8, 4) is 0 Å². The molecule has 66 valence electrons. The van der Waals surface area contributed by atoms with Crippen molar-refractivity contribution in [2.45, 2.75) is 13.3 Å². The van der Waals surface area contributed by atoms with E-state index in [2.05, 4.69) is 4.98 Å². The molecule has 0 unspecified atom stereocenters. The van der Waals surface area contributed by atoms with E-state index in [1.165, 1.54) is 6.92 Å². The van der Waals surface area contributed by atoms with Crippen molar-refractivity contribution in [3.05, 3.63) is 23.1 Å². The molecular formula is C7H7F3N2. The Morgan fingerprint density at radius 3 is 2.58 bits per heavy atom. The van der Waals surface area contributed by atoms with Crippen molar-refractivity contribution in [2.75, 3.05) is 5.73 Å². The SMILES string of the molecule is Cc1c(C(F)F)cc(N)nc1F. The van der Waals surface area contributed by atoms with Crippen LogP contribution in [0.2, 0.25) is 0 Å². The third-order valence-corrected chi connectivity index (χ3v) is 1.51. The lowest BCUT2D eigenvalue weighted by Crippen LogP contribution is -2.01. The first-order chi connectivity index (χ1) is 5.52. The van der Waals surface area contributed by atoms with E-state index in [-0.39, 0.29) is 11.4 Å². The zero-order valence-corrected chi connectivity index (χ0v) is 6.31. The number of rotatable bonds is 1. The van der Waals surface area contributed by atoms with Crippen LogP contribution in [0.5, 0.6) is 0 Å². The summed E-state index contributed by atoms with van der Waals surface area (Å²) < 4.78 is 37.0. The van der Waals surface area contributed by atoms with Gasteiger partial charge in [0, 0.05) is 11.1 Å². The normalized spacial score (nSPS) is 10.8. The van der Waals surface area contributed by atoms with Gasteiger partial charge in [0.2, 0.25) is 5.95 Å². The Morgan fingerprint density at radius 2 is 2.08 bits per heavy atom. The van der Waals surface area contributed by atoms with Crippen molar-refractivity contribution in [2.24, 2.45) is 0 Å². The Balaban J connectivity index is 3.28. The number of aromatic nitrogens is 1. The predicted octanol–water partition coefficient (Wildman–Crippen LogP) is 2.05. The van der Waals surface area contributed by atoms with Crippen LogP contribution < -0.4 is 5.73 Å². The standard InChI is InChI=1S/C7H7F3N2/c1-3-4(6(8)9)2-5(11)12-7(3)10/h2,6H,1H3,(H2,11,12). The zero-order valence-electron chi connectivity index (χ0n) is 6.31. The lowest BCUT2D eigenvalue weighted by molar-refractivity contribution is 0.150. The van der Waals surface area contributed by atoms with Crippen LogP contribution in [0.1, 0.15) is 17.6 Å². The highest BCUT2D eigenvalue weighted by molar-refractivity contribution is 5.37. The summed E-state index contributed by atoms with van der Waals surface area (Å²) in [5.41, 5.74) is 4.53. The minimum Gasteiger partial charge on any atom is -0.384 e. The number of nitrogens with two attached hydrogens (primary N) is 1. The number of hydrogen-bond acceptors (Lipinski definition) is 2. The van der Waals surface area contributed by atoms with Gasteiger partial charge >= 0.3 is 0 Å². The third kappa shape index (κ3) is 1.49. The predicted molar refractivity (Wildman–Crippen MR) is 38.3 cm³/mol. The summed E-state index contributed by atoms with van der Waals surface area (Å²) in [4.78, 5) is 3.19. The van der Waals surface area contributed by atoms with Crippen molar-refractivity contribution in [3.63, 3.8) is 0 Å². The van der Waals surface area contributed by atoms with Crippen LogP contribution >= 0.6 is 0 Å². The summed E-state index contributed by atoms with van der Waals surface area (Å²) in [6.45, 7) is 1.24. The lowest BCUT2D eigenvalue weighted by atomic mass is 10.1. The van der Waals surface area contributed by atoms with E-state index in [0.717, 1.165) is 6.07 Å². The van der Waals surface area contributed by atoms with Gasteiger partial charge in [0.15, 0.2) is 0 Å². The van der Waals surface area contributed by atoms with E-state index in [4.69, 9.17) is 5.73 Å². The lowest BCUT2D eigenvalue weighted by Gasteiger charge is -2.05. The molecule has 2 nitrogen and oxygen atoms in total. The first-order valence-electron chi connectivity index (χ1n) is 3.23. The summed E-state index contributed by atoms with van der Waals surface area (Å²) in [5, 5.41) is 0. The number of alkyl halides is 2. The van der Waals surface area contributed by atoms with Gasteiger partial charge in [-0.05, 0) is 13.0 Å². The molecular weight excluding hydrogens is 169 g/mol. The van der Waals surface area contributed by atoms with Gasteiger partial charge in [0.05, 0.1) is 0 Å². The molecule has 0 radical (unpaired) electrons. The molecule has 0 amide bonds. The summed E-state index contributed by atoms with van der Waals surface area (Å²) in [6, 6.07) is 0.975. The fourth-order valence-electron chi connectivity index (χ4n) is 0.843. The monoisotopic (exact) mass is 176 g/mol. The average Bonchev–Trinajstić information content (AvgIpc) is 1.96. The van der Waals surface area contributed by atoms with Gasteiger partial charge in [0.25, 0.3) is 6.43 Å². The smallest absolute Gasteiger partial charge is 0.264 e. The van der Waals surface area contributed by atoms with Crippen LogP contribution in [0.3, 0.4) is 0 Å². The molecule has 0 saturated carbocycles. The van der Waals surface area contributed by atoms with Crippen molar-refractivity contribution in [1.82, 2.24) is 4.98 Å². The maximum atomic E-state index is 12.7. The first kappa shape index (κ1) is 8.83. The molecule has 12 heavy (non-hydrogen) atoms. The third-order valence-electron chi connectivity index (χ3n) is 1.51. The Bertz CT molecular complexity index is 299. The maximum absolute atomic E-state index is 12.7. The molecule has 2 N–H and O–H groups in total. The summed E-state index contributed by atoms with van der Waals surface area (Å²) in [7, 11) is 0. The summed E-state index contributed by atoms with van der Waals surface area (Å²) in [5.74, 6) is -1.17. The number of nitrogens with zero attached hydrogens (tertiary/aromatic N) is 1. The van der Waals surface area contributed by atoms with Crippen LogP contribution in [0.25, 0.3) is 0 Å². The number of hydrogen-bond donors (Lipinski definition) is 1. The largest absolute Gasteiger partial charge is 0.384 e. The summed E-state index contributed by atoms with van der Waals surface area (Å²) in [6.07, 6.45) is -2.72. The van der Waals surface area contributed by atoms with E-state index in [9.17, 15) is 13.2 Å². The van der Waals surface area contributed by atoms with Crippen molar-refractivity contribution in [1.29, 1.82) is 0 Å². The highest BCUT2D eigenvalue weighted by atomic mass is 19.3. The first-order valence-corrected chi connectivity index (χ1v) is 3.23. The van der Waals surface area contributed by atoms with Gasteiger partial charge in [-0.2, -0.15) is 4.39 Å². The minimum atomic E-state index is -2.72. The molecule has 0 aliphatic carbocycles. The highest BCUT2D eigenvalue weighted by Gasteiger charge is 2.15. The Morgan fingerprint density at radius 1 is 1.50 bits per heavy atom. The van der Waals surface area contributed by atoms with Crippen LogP contribution in [-0.4, -0.2) is 4.98 Å². The van der Waals surface area contributed by atoms with Crippen LogP contribution in [0.4, 0.5) is 19.0 Å². The summed E-state index contributed by atoms with van der Waals surface area (Å²) >= 11 is 0. The minimum absolute atomic E-state index is 0.154. The van der Waals surface area contributed by atoms with Gasteiger partial charge in [-0.25, -0.2) is 13.8 Å². The van der Waals surface area contributed by atoms with Gasteiger partial charge in [-0.15, -0.1) is 0 Å². The van der Waals surface area contributed by atoms with E-state index in [1.54, 1.807) is 0 Å². The van der Waals surface area contributed by atoms with Crippen LogP contribution in [-0.2, 0) is 0 Å². The van der Waals surface area contributed by atoms with E-state index in [0.29, 0.717) is 0 Å². The van der Waals surface area contributed by atoms with Crippen LogP contribution in [0.15, 0.2) is 6.07 Å². The molecule has 0 aromatic carbocycles. The Hall–Kier alpha value is -1.26. The molecule has 0 atom stereocenters. The Labute approximate surface area is 67.2 Å². The number of pyridine rings is 1. The molecule has 5 heteroatoms. The van der Waals surface area contributed by atoms with Gasteiger partial charge in [-0.3, -0.25) is 0 Å². The second kappa shape index (κ2) is 3.00. The van der Waals surface area contributed by atoms with Gasteiger partial charge in [-0.1, -0.05) is 0 Å². The quantitative estimate of drug-likeness (QED) is 0.665. The molecule has 0 spiro atoms. The zero-order chi connectivity index (χ0) is 9.30. The maximum Gasteiger partial charge on any atom is 0.264 e. The van der Waals surface area contributed by atoms with Crippen LogP contribution in [0, 0.1) is 12.9 Å². The topological polar surface area (TPSA) is 38.9 Å². The fraction of sp³-hybridized carbons (Fsp3) is 0.286. The molecule has 0 bridgehead atoms. The van der Waals surface area contributed by atoms with Gasteiger partial charge in [0.1, 0.15) is 5.82 Å².